The zero-order chi connectivity index (χ0) is 11.6. The van der Waals surface area contributed by atoms with Crippen LogP contribution in [0.4, 0.5) is 8.78 Å². The van der Waals surface area contributed by atoms with Gasteiger partial charge in [-0.1, -0.05) is 0 Å². The Bertz CT molecular complexity index is 398. The van der Waals surface area contributed by atoms with Crippen molar-refractivity contribution in [3.63, 3.8) is 0 Å². The Morgan fingerprint density at radius 2 is 2.13 bits per heavy atom. The molecule has 0 saturated carbocycles. The van der Waals surface area contributed by atoms with Crippen LogP contribution in [0.3, 0.4) is 0 Å². The van der Waals surface area contributed by atoms with Crippen LogP contribution in [0.5, 0.6) is 0 Å². The van der Waals surface area contributed by atoms with Crippen molar-refractivity contribution in [3.05, 3.63) is 33.8 Å². The van der Waals surface area contributed by atoms with Gasteiger partial charge in [0.05, 0.1) is 4.47 Å². The quantitative estimate of drug-likeness (QED) is 0.828. The maximum Gasteiger partial charge on any atom is 0.320 e. The Morgan fingerprint density at radius 1 is 1.53 bits per heavy atom. The van der Waals surface area contributed by atoms with E-state index in [0.29, 0.717) is 0 Å². The molecular formula is C9H8BrF2NO2. The SMILES string of the molecule is NC(Cc1cc(F)cc(Br)c1F)C(=O)O. The zero-order valence-electron chi connectivity index (χ0n) is 7.51. The molecule has 0 fully saturated rings. The van der Waals surface area contributed by atoms with E-state index in [1.54, 1.807) is 0 Å². The molecule has 1 unspecified atom stereocenters. The third kappa shape index (κ3) is 2.97. The standard InChI is InChI=1S/C9H8BrF2NO2/c10-6-3-5(11)1-4(8(6)12)2-7(13)9(14)15/h1,3,7H,2,13H2,(H,14,15). The molecule has 0 heterocycles. The number of carboxylic acids is 1. The molecule has 82 valence electrons. The Kier molecular flexibility index (Phi) is 3.76. The topological polar surface area (TPSA) is 63.3 Å². The number of hydrogen-bond acceptors (Lipinski definition) is 2. The minimum absolute atomic E-state index is 0.0462. The summed E-state index contributed by atoms with van der Waals surface area (Å²) in [4.78, 5) is 10.4. The summed E-state index contributed by atoms with van der Waals surface area (Å²) in [6.07, 6.45) is -0.252. The van der Waals surface area contributed by atoms with E-state index in [0.717, 1.165) is 12.1 Å². The Morgan fingerprint density at radius 3 is 2.67 bits per heavy atom. The number of nitrogens with two attached hydrogens (primary N) is 1. The first-order chi connectivity index (χ1) is 6.91. The van der Waals surface area contributed by atoms with Crippen LogP contribution in [0.2, 0.25) is 0 Å². The number of carboxylic acid groups (broad SMARTS) is 1. The average Bonchev–Trinajstić information content (AvgIpc) is 2.13. The number of halogens is 3. The van der Waals surface area contributed by atoms with Gasteiger partial charge in [0, 0.05) is 6.42 Å². The molecule has 0 saturated heterocycles. The minimum Gasteiger partial charge on any atom is -0.480 e. The van der Waals surface area contributed by atoms with E-state index in [1.165, 1.54) is 0 Å². The number of aliphatic carboxylic acids is 1. The molecular weight excluding hydrogens is 272 g/mol. The summed E-state index contributed by atoms with van der Waals surface area (Å²) in [5, 5.41) is 8.52. The molecule has 0 aliphatic rings. The predicted molar refractivity (Wildman–Crippen MR) is 53.4 cm³/mol. The van der Waals surface area contributed by atoms with Crippen molar-refractivity contribution in [3.8, 4) is 0 Å². The van der Waals surface area contributed by atoms with E-state index in [9.17, 15) is 13.6 Å². The van der Waals surface area contributed by atoms with Crippen molar-refractivity contribution in [2.75, 3.05) is 0 Å². The molecule has 1 rings (SSSR count). The van der Waals surface area contributed by atoms with Gasteiger partial charge in [-0.3, -0.25) is 4.79 Å². The summed E-state index contributed by atoms with van der Waals surface area (Å²) >= 11 is 2.82. The van der Waals surface area contributed by atoms with Crippen molar-refractivity contribution in [1.82, 2.24) is 0 Å². The molecule has 0 aliphatic carbocycles. The Balaban J connectivity index is 2.99. The second-order valence-corrected chi connectivity index (χ2v) is 3.86. The number of hydrogen-bond donors (Lipinski definition) is 2. The molecule has 3 nitrogen and oxygen atoms in total. The molecule has 1 aromatic carbocycles. The highest BCUT2D eigenvalue weighted by Gasteiger charge is 2.17. The highest BCUT2D eigenvalue weighted by atomic mass is 79.9. The fraction of sp³-hybridized carbons (Fsp3) is 0.222. The first kappa shape index (κ1) is 12.1. The molecule has 1 aromatic rings. The lowest BCUT2D eigenvalue weighted by Gasteiger charge is -2.08. The largest absolute Gasteiger partial charge is 0.480 e. The van der Waals surface area contributed by atoms with E-state index in [2.05, 4.69) is 15.9 Å². The van der Waals surface area contributed by atoms with Gasteiger partial charge in [0.1, 0.15) is 17.7 Å². The molecule has 0 spiro atoms. The molecule has 0 amide bonds. The van der Waals surface area contributed by atoms with Gasteiger partial charge in [0.25, 0.3) is 0 Å². The highest BCUT2D eigenvalue weighted by molar-refractivity contribution is 9.10. The molecule has 3 N–H and O–H groups in total. The van der Waals surface area contributed by atoms with Crippen molar-refractivity contribution in [1.29, 1.82) is 0 Å². The van der Waals surface area contributed by atoms with Crippen LogP contribution in [0, 0.1) is 11.6 Å². The van der Waals surface area contributed by atoms with Crippen molar-refractivity contribution in [2.24, 2.45) is 5.73 Å². The molecule has 6 heteroatoms. The van der Waals surface area contributed by atoms with Crippen LogP contribution in [0.1, 0.15) is 5.56 Å². The van der Waals surface area contributed by atoms with E-state index < -0.39 is 23.6 Å². The van der Waals surface area contributed by atoms with Gasteiger partial charge in [0.15, 0.2) is 0 Å². The molecule has 0 aromatic heterocycles. The molecule has 0 bridgehead atoms. The maximum atomic E-state index is 13.3. The fourth-order valence-corrected chi connectivity index (χ4v) is 1.56. The summed E-state index contributed by atoms with van der Waals surface area (Å²) in [6.45, 7) is 0. The van der Waals surface area contributed by atoms with E-state index >= 15 is 0 Å². The monoisotopic (exact) mass is 279 g/mol. The third-order valence-corrected chi connectivity index (χ3v) is 2.40. The van der Waals surface area contributed by atoms with Crippen LogP contribution in [0.15, 0.2) is 16.6 Å². The number of benzene rings is 1. The van der Waals surface area contributed by atoms with Gasteiger partial charge in [0.2, 0.25) is 0 Å². The third-order valence-electron chi connectivity index (χ3n) is 1.83. The Hall–Kier alpha value is -1.01. The molecule has 0 radical (unpaired) electrons. The van der Waals surface area contributed by atoms with Crippen LogP contribution < -0.4 is 5.73 Å². The lowest BCUT2D eigenvalue weighted by molar-refractivity contribution is -0.138. The second kappa shape index (κ2) is 4.67. The van der Waals surface area contributed by atoms with Crippen molar-refractivity contribution < 1.29 is 18.7 Å². The summed E-state index contributed by atoms with van der Waals surface area (Å²) in [6, 6.07) is 0.654. The van der Waals surface area contributed by atoms with Gasteiger partial charge in [-0.2, -0.15) is 0 Å². The smallest absolute Gasteiger partial charge is 0.320 e. The van der Waals surface area contributed by atoms with Gasteiger partial charge in [-0.15, -0.1) is 0 Å². The number of carbonyl (C=O) groups is 1. The summed E-state index contributed by atoms with van der Waals surface area (Å²) in [5.74, 6) is -2.58. The van der Waals surface area contributed by atoms with E-state index in [4.69, 9.17) is 10.8 Å². The van der Waals surface area contributed by atoms with Crippen LogP contribution in [0.25, 0.3) is 0 Å². The first-order valence-corrected chi connectivity index (χ1v) is 4.83. The van der Waals surface area contributed by atoms with Crippen molar-refractivity contribution in [2.45, 2.75) is 12.5 Å². The lowest BCUT2D eigenvalue weighted by atomic mass is 10.1. The summed E-state index contributed by atoms with van der Waals surface area (Å²) in [5.41, 5.74) is 5.16. The van der Waals surface area contributed by atoms with Gasteiger partial charge in [-0.05, 0) is 33.6 Å². The summed E-state index contributed by atoms with van der Waals surface area (Å²) < 4.78 is 26.2. The normalized spacial score (nSPS) is 12.5. The van der Waals surface area contributed by atoms with Crippen LogP contribution in [-0.4, -0.2) is 17.1 Å². The second-order valence-electron chi connectivity index (χ2n) is 3.01. The lowest BCUT2D eigenvalue weighted by Crippen LogP contribution is -2.32. The number of rotatable bonds is 3. The van der Waals surface area contributed by atoms with Crippen LogP contribution in [-0.2, 0) is 11.2 Å². The molecule has 1 atom stereocenters. The van der Waals surface area contributed by atoms with Crippen molar-refractivity contribution >= 4 is 21.9 Å². The van der Waals surface area contributed by atoms with E-state index in [1.807, 2.05) is 0 Å². The molecule has 15 heavy (non-hydrogen) atoms. The molecule has 0 aliphatic heterocycles. The van der Waals surface area contributed by atoms with Crippen LogP contribution >= 0.6 is 15.9 Å². The van der Waals surface area contributed by atoms with Gasteiger partial charge < -0.3 is 10.8 Å². The zero-order valence-corrected chi connectivity index (χ0v) is 9.09. The average molecular weight is 280 g/mol. The fourth-order valence-electron chi connectivity index (χ4n) is 1.08. The predicted octanol–water partition coefficient (Wildman–Crippen LogP) is 1.68. The van der Waals surface area contributed by atoms with Gasteiger partial charge in [-0.25, -0.2) is 8.78 Å². The van der Waals surface area contributed by atoms with Gasteiger partial charge >= 0.3 is 5.97 Å². The Labute approximate surface area is 93.0 Å². The van der Waals surface area contributed by atoms with E-state index in [-0.39, 0.29) is 16.5 Å². The highest BCUT2D eigenvalue weighted by Crippen LogP contribution is 2.21. The maximum absolute atomic E-state index is 13.3. The first-order valence-electron chi connectivity index (χ1n) is 4.03. The minimum atomic E-state index is -1.25. The summed E-state index contributed by atoms with van der Waals surface area (Å²) in [7, 11) is 0.